The first-order valence-corrected chi connectivity index (χ1v) is 7.09. The summed E-state index contributed by atoms with van der Waals surface area (Å²) in [5.41, 5.74) is 5.77. The smallest absolute Gasteiger partial charge is 0.240 e. The molecule has 0 aromatic carbocycles. The maximum absolute atomic E-state index is 12.2. The lowest BCUT2D eigenvalue weighted by Gasteiger charge is -2.36. The lowest BCUT2D eigenvalue weighted by atomic mass is 9.86. The summed E-state index contributed by atoms with van der Waals surface area (Å²) in [6.45, 7) is 9.74. The highest BCUT2D eigenvalue weighted by molar-refractivity contribution is 5.83. The molecular weight excluding hydrogens is 242 g/mol. The van der Waals surface area contributed by atoms with Crippen LogP contribution in [0.15, 0.2) is 0 Å². The van der Waals surface area contributed by atoms with Crippen LogP contribution in [0, 0.1) is 11.3 Å². The van der Waals surface area contributed by atoms with E-state index in [4.69, 9.17) is 5.73 Å². The zero-order chi connectivity index (χ0) is 14.6. The van der Waals surface area contributed by atoms with Gasteiger partial charge < -0.3 is 16.0 Å². The molecule has 0 spiro atoms. The summed E-state index contributed by atoms with van der Waals surface area (Å²) < 4.78 is 0. The first kappa shape index (κ1) is 16.0. The molecule has 110 valence electrons. The van der Waals surface area contributed by atoms with E-state index in [9.17, 15) is 9.59 Å². The SMILES string of the molecule is CCNC(=O)C1CCN(C(=O)[C@@H](N)C(C)(C)C)CC1. The Morgan fingerprint density at radius 3 is 2.26 bits per heavy atom. The summed E-state index contributed by atoms with van der Waals surface area (Å²) in [4.78, 5) is 25.8. The Labute approximate surface area is 115 Å². The molecule has 0 aliphatic carbocycles. The van der Waals surface area contributed by atoms with Crippen LogP contribution in [0.3, 0.4) is 0 Å². The zero-order valence-corrected chi connectivity index (χ0v) is 12.5. The van der Waals surface area contributed by atoms with Crippen molar-refractivity contribution in [3.63, 3.8) is 0 Å². The van der Waals surface area contributed by atoms with Crippen LogP contribution in [0.2, 0.25) is 0 Å². The molecule has 1 heterocycles. The molecule has 1 rings (SSSR count). The lowest BCUT2D eigenvalue weighted by molar-refractivity contribution is -0.138. The van der Waals surface area contributed by atoms with E-state index in [1.807, 2.05) is 27.7 Å². The van der Waals surface area contributed by atoms with Crippen LogP contribution in [0.5, 0.6) is 0 Å². The number of likely N-dealkylation sites (tertiary alicyclic amines) is 1. The summed E-state index contributed by atoms with van der Waals surface area (Å²) in [6, 6.07) is -0.478. The minimum absolute atomic E-state index is 0.00171. The fourth-order valence-corrected chi connectivity index (χ4v) is 2.25. The Balaban J connectivity index is 2.50. The van der Waals surface area contributed by atoms with E-state index in [2.05, 4.69) is 5.32 Å². The number of piperidine rings is 1. The third kappa shape index (κ3) is 4.20. The standard InChI is InChI=1S/C14H27N3O2/c1-5-16-12(18)10-6-8-17(9-7-10)13(19)11(15)14(2,3)4/h10-11H,5-9,15H2,1-4H3,(H,16,18)/t11-/m1/s1. The number of amides is 2. The van der Waals surface area contributed by atoms with Crippen LogP contribution in [0.25, 0.3) is 0 Å². The molecule has 0 radical (unpaired) electrons. The number of carbonyl (C=O) groups excluding carboxylic acids is 2. The molecule has 0 bridgehead atoms. The summed E-state index contributed by atoms with van der Waals surface area (Å²) in [7, 11) is 0. The van der Waals surface area contributed by atoms with Gasteiger partial charge in [0.1, 0.15) is 0 Å². The predicted molar refractivity (Wildman–Crippen MR) is 75.4 cm³/mol. The van der Waals surface area contributed by atoms with Crippen LogP contribution in [-0.2, 0) is 9.59 Å². The third-order valence-corrected chi connectivity index (χ3v) is 3.73. The number of nitrogens with two attached hydrogens (primary N) is 1. The number of rotatable bonds is 3. The first-order chi connectivity index (χ1) is 8.77. The molecule has 19 heavy (non-hydrogen) atoms. The summed E-state index contributed by atoms with van der Waals surface area (Å²) in [6.07, 6.45) is 1.46. The number of nitrogens with one attached hydrogen (secondary N) is 1. The van der Waals surface area contributed by atoms with Gasteiger partial charge in [0.05, 0.1) is 6.04 Å². The Morgan fingerprint density at radius 2 is 1.84 bits per heavy atom. The molecular formula is C14H27N3O2. The highest BCUT2D eigenvalue weighted by Crippen LogP contribution is 2.23. The highest BCUT2D eigenvalue weighted by Gasteiger charge is 2.34. The molecule has 0 saturated carbocycles. The first-order valence-electron chi connectivity index (χ1n) is 7.09. The molecule has 1 aliphatic rings. The van der Waals surface area contributed by atoms with E-state index >= 15 is 0 Å². The number of carbonyl (C=O) groups is 2. The van der Waals surface area contributed by atoms with Gasteiger partial charge in [0, 0.05) is 25.6 Å². The molecule has 1 aliphatic heterocycles. The highest BCUT2D eigenvalue weighted by atomic mass is 16.2. The quantitative estimate of drug-likeness (QED) is 0.793. The van der Waals surface area contributed by atoms with Gasteiger partial charge in [0.2, 0.25) is 11.8 Å². The average molecular weight is 269 g/mol. The van der Waals surface area contributed by atoms with Gasteiger partial charge in [-0.1, -0.05) is 20.8 Å². The van der Waals surface area contributed by atoms with Crippen LogP contribution in [-0.4, -0.2) is 42.4 Å². The largest absolute Gasteiger partial charge is 0.356 e. The van der Waals surface area contributed by atoms with Crippen molar-refractivity contribution in [2.45, 2.75) is 46.6 Å². The molecule has 5 heteroatoms. The van der Waals surface area contributed by atoms with E-state index in [-0.39, 0.29) is 23.1 Å². The van der Waals surface area contributed by atoms with Crippen LogP contribution in [0.4, 0.5) is 0 Å². The van der Waals surface area contributed by atoms with Crippen LogP contribution in [0.1, 0.15) is 40.5 Å². The molecule has 5 nitrogen and oxygen atoms in total. The monoisotopic (exact) mass is 269 g/mol. The second-order valence-corrected chi connectivity index (χ2v) is 6.34. The lowest BCUT2D eigenvalue weighted by Crippen LogP contribution is -2.53. The minimum Gasteiger partial charge on any atom is -0.356 e. The summed E-state index contributed by atoms with van der Waals surface area (Å²) >= 11 is 0. The van der Waals surface area contributed by atoms with E-state index in [1.165, 1.54) is 0 Å². The van der Waals surface area contributed by atoms with E-state index in [0.717, 1.165) is 12.8 Å². The summed E-state index contributed by atoms with van der Waals surface area (Å²) in [5.74, 6) is 0.145. The molecule has 2 amide bonds. The second kappa shape index (κ2) is 6.37. The van der Waals surface area contributed by atoms with Crippen molar-refractivity contribution in [3.05, 3.63) is 0 Å². The molecule has 3 N–H and O–H groups in total. The number of hydrogen-bond donors (Lipinski definition) is 2. The topological polar surface area (TPSA) is 75.4 Å². The third-order valence-electron chi connectivity index (χ3n) is 3.73. The van der Waals surface area contributed by atoms with Gasteiger partial charge in [-0.15, -0.1) is 0 Å². The fourth-order valence-electron chi connectivity index (χ4n) is 2.25. The summed E-state index contributed by atoms with van der Waals surface area (Å²) in [5, 5.41) is 2.84. The second-order valence-electron chi connectivity index (χ2n) is 6.34. The van der Waals surface area contributed by atoms with Crippen molar-refractivity contribution >= 4 is 11.8 Å². The maximum Gasteiger partial charge on any atom is 0.240 e. The van der Waals surface area contributed by atoms with Crippen molar-refractivity contribution < 1.29 is 9.59 Å². The predicted octanol–water partition coefficient (Wildman–Crippen LogP) is 0.735. The van der Waals surface area contributed by atoms with Crippen LogP contribution >= 0.6 is 0 Å². The molecule has 0 aromatic rings. The normalized spacial score (nSPS) is 19.1. The van der Waals surface area contributed by atoms with E-state index < -0.39 is 6.04 Å². The Morgan fingerprint density at radius 1 is 1.32 bits per heavy atom. The fraction of sp³-hybridized carbons (Fsp3) is 0.857. The Kier molecular flexibility index (Phi) is 5.35. The van der Waals surface area contributed by atoms with Gasteiger partial charge in [-0.2, -0.15) is 0 Å². The number of hydrogen-bond acceptors (Lipinski definition) is 3. The number of nitrogens with zero attached hydrogens (tertiary/aromatic N) is 1. The van der Waals surface area contributed by atoms with Gasteiger partial charge >= 0.3 is 0 Å². The van der Waals surface area contributed by atoms with Gasteiger partial charge in [-0.05, 0) is 25.2 Å². The van der Waals surface area contributed by atoms with Gasteiger partial charge in [-0.3, -0.25) is 9.59 Å². The molecule has 1 atom stereocenters. The van der Waals surface area contributed by atoms with Crippen molar-refractivity contribution in [2.24, 2.45) is 17.1 Å². The van der Waals surface area contributed by atoms with Crippen molar-refractivity contribution in [3.8, 4) is 0 Å². The molecule has 0 unspecified atom stereocenters. The average Bonchev–Trinajstić information content (AvgIpc) is 2.36. The van der Waals surface area contributed by atoms with E-state index in [0.29, 0.717) is 19.6 Å². The molecule has 1 saturated heterocycles. The van der Waals surface area contributed by atoms with Gasteiger partial charge in [0.15, 0.2) is 0 Å². The van der Waals surface area contributed by atoms with Crippen molar-refractivity contribution in [2.75, 3.05) is 19.6 Å². The van der Waals surface area contributed by atoms with Gasteiger partial charge in [-0.25, -0.2) is 0 Å². The Bertz CT molecular complexity index is 328. The Hall–Kier alpha value is -1.10. The van der Waals surface area contributed by atoms with Crippen molar-refractivity contribution in [1.29, 1.82) is 0 Å². The van der Waals surface area contributed by atoms with Crippen LogP contribution < -0.4 is 11.1 Å². The molecule has 0 aromatic heterocycles. The molecule has 1 fully saturated rings. The maximum atomic E-state index is 12.2. The minimum atomic E-state index is -0.478. The zero-order valence-electron chi connectivity index (χ0n) is 12.5. The van der Waals surface area contributed by atoms with Crippen molar-refractivity contribution in [1.82, 2.24) is 10.2 Å². The van der Waals surface area contributed by atoms with Gasteiger partial charge in [0.25, 0.3) is 0 Å². The van der Waals surface area contributed by atoms with E-state index in [1.54, 1.807) is 4.90 Å².